The number of hydrogen-bond donors (Lipinski definition) is 1. The van der Waals surface area contributed by atoms with E-state index in [4.69, 9.17) is 16.7 Å². The minimum atomic E-state index is 0.781. The summed E-state index contributed by atoms with van der Waals surface area (Å²) in [6.07, 6.45) is 0. The van der Waals surface area contributed by atoms with Gasteiger partial charge in [0.05, 0.1) is 0 Å². The van der Waals surface area contributed by atoms with E-state index in [2.05, 4.69) is 0 Å². The maximum absolute atomic E-state index is 5.90. The first-order valence-corrected chi connectivity index (χ1v) is 4.54. The van der Waals surface area contributed by atoms with Crippen molar-refractivity contribution in [3.8, 4) is 0 Å². The summed E-state index contributed by atoms with van der Waals surface area (Å²) in [5, 5.41) is 6.21. The quantitative estimate of drug-likeness (QED) is 0.685. The fourth-order valence-electron chi connectivity index (χ4n) is 0.935. The molecular weight excluding hydrogens is 178 g/mol. The van der Waals surface area contributed by atoms with E-state index in [1.165, 1.54) is 17.5 Å². The number of hydrogen-bond acceptors (Lipinski definition) is 2. The highest BCUT2D eigenvalue weighted by Crippen LogP contribution is 2.25. The van der Waals surface area contributed by atoms with Gasteiger partial charge in [0.15, 0.2) is 0 Å². The third-order valence-corrected chi connectivity index (χ3v) is 2.68. The van der Waals surface area contributed by atoms with Crippen LogP contribution in [0, 0.1) is 13.8 Å². The van der Waals surface area contributed by atoms with Crippen LogP contribution in [0.2, 0.25) is 5.02 Å². The van der Waals surface area contributed by atoms with Crippen LogP contribution in [0.3, 0.4) is 0 Å². The van der Waals surface area contributed by atoms with Gasteiger partial charge in [-0.2, -0.15) is 0 Å². The fraction of sp³-hybridized carbons (Fsp3) is 0.250. The third-order valence-electron chi connectivity index (χ3n) is 1.58. The Kier molecular flexibility index (Phi) is 2.82. The monoisotopic (exact) mass is 187 g/mol. The molecule has 0 unspecified atom stereocenters. The molecule has 0 heterocycles. The van der Waals surface area contributed by atoms with Gasteiger partial charge in [0.1, 0.15) is 0 Å². The number of nitrogens with two attached hydrogens (primary N) is 1. The topological polar surface area (TPSA) is 26.0 Å². The summed E-state index contributed by atoms with van der Waals surface area (Å²) < 4.78 is 0. The number of rotatable bonds is 1. The van der Waals surface area contributed by atoms with Gasteiger partial charge in [-0.3, -0.25) is 5.14 Å². The Bertz CT molecular complexity index is 273. The Morgan fingerprint density at radius 3 is 2.45 bits per heavy atom. The standard InChI is InChI=1S/C8H10ClNS/c1-5-3-6(2)8(11-10)4-7(5)9/h3-4H,10H2,1-2H3. The predicted molar refractivity (Wildman–Crippen MR) is 51.0 cm³/mol. The molecule has 0 spiro atoms. The molecule has 1 rings (SSSR count). The molecule has 0 amide bonds. The van der Waals surface area contributed by atoms with E-state index in [1.54, 1.807) is 0 Å². The largest absolute Gasteiger partial charge is 0.274 e. The second-order valence-electron chi connectivity index (χ2n) is 2.48. The van der Waals surface area contributed by atoms with Gasteiger partial charge in [-0.1, -0.05) is 17.7 Å². The van der Waals surface area contributed by atoms with E-state index in [0.29, 0.717) is 0 Å². The molecule has 0 aliphatic heterocycles. The molecule has 0 fully saturated rings. The molecule has 0 radical (unpaired) electrons. The SMILES string of the molecule is Cc1cc(C)c(SN)cc1Cl. The zero-order valence-corrected chi connectivity index (χ0v) is 8.09. The van der Waals surface area contributed by atoms with Crippen molar-refractivity contribution in [3.05, 3.63) is 28.3 Å². The van der Waals surface area contributed by atoms with Crippen molar-refractivity contribution >= 4 is 23.5 Å². The smallest absolute Gasteiger partial charge is 0.0446 e. The van der Waals surface area contributed by atoms with Crippen molar-refractivity contribution in [2.45, 2.75) is 18.7 Å². The summed E-state index contributed by atoms with van der Waals surface area (Å²) in [6.45, 7) is 4.01. The minimum absolute atomic E-state index is 0.781. The Morgan fingerprint density at radius 2 is 1.91 bits per heavy atom. The summed E-state index contributed by atoms with van der Waals surface area (Å²) in [4.78, 5) is 1.04. The van der Waals surface area contributed by atoms with Crippen molar-refractivity contribution in [2.75, 3.05) is 0 Å². The molecule has 60 valence electrons. The van der Waals surface area contributed by atoms with Crippen molar-refractivity contribution in [3.63, 3.8) is 0 Å². The number of aryl methyl sites for hydroxylation is 2. The first-order valence-electron chi connectivity index (χ1n) is 3.28. The Morgan fingerprint density at radius 1 is 1.27 bits per heavy atom. The van der Waals surface area contributed by atoms with Crippen LogP contribution in [0.1, 0.15) is 11.1 Å². The zero-order valence-electron chi connectivity index (χ0n) is 6.52. The van der Waals surface area contributed by atoms with Crippen LogP contribution in [0.25, 0.3) is 0 Å². The molecule has 3 heteroatoms. The van der Waals surface area contributed by atoms with Crippen LogP contribution in [-0.4, -0.2) is 0 Å². The Labute approximate surface area is 76.1 Å². The van der Waals surface area contributed by atoms with Gasteiger partial charge in [0.25, 0.3) is 0 Å². The molecule has 1 aromatic carbocycles. The molecule has 11 heavy (non-hydrogen) atoms. The molecule has 0 saturated heterocycles. The van der Waals surface area contributed by atoms with Crippen molar-refractivity contribution in [1.82, 2.24) is 0 Å². The van der Waals surface area contributed by atoms with E-state index in [1.807, 2.05) is 26.0 Å². The van der Waals surface area contributed by atoms with E-state index in [9.17, 15) is 0 Å². The Hall–Kier alpha value is -0.180. The molecule has 1 nitrogen and oxygen atoms in total. The van der Waals surface area contributed by atoms with Crippen LogP contribution in [0.5, 0.6) is 0 Å². The van der Waals surface area contributed by atoms with Crippen LogP contribution >= 0.6 is 23.5 Å². The first kappa shape index (κ1) is 8.91. The lowest BCUT2D eigenvalue weighted by molar-refractivity contribution is 1.26. The summed E-state index contributed by atoms with van der Waals surface area (Å²) in [6, 6.07) is 3.94. The van der Waals surface area contributed by atoms with Crippen molar-refractivity contribution in [1.29, 1.82) is 0 Å². The maximum Gasteiger partial charge on any atom is 0.0446 e. The van der Waals surface area contributed by atoms with Gasteiger partial charge in [-0.25, -0.2) is 0 Å². The average Bonchev–Trinajstić information content (AvgIpc) is 1.97. The van der Waals surface area contributed by atoms with E-state index < -0.39 is 0 Å². The summed E-state index contributed by atoms with van der Waals surface area (Å²) in [5.41, 5.74) is 2.28. The van der Waals surface area contributed by atoms with Gasteiger partial charge in [-0.15, -0.1) is 0 Å². The van der Waals surface area contributed by atoms with Crippen LogP contribution in [0.4, 0.5) is 0 Å². The van der Waals surface area contributed by atoms with Crippen molar-refractivity contribution in [2.24, 2.45) is 5.14 Å². The molecule has 0 saturated carbocycles. The summed E-state index contributed by atoms with van der Waals surface area (Å²) in [5.74, 6) is 0. The average molecular weight is 188 g/mol. The second-order valence-corrected chi connectivity index (χ2v) is 3.57. The zero-order chi connectivity index (χ0) is 8.43. The van der Waals surface area contributed by atoms with Crippen LogP contribution < -0.4 is 5.14 Å². The first-order chi connectivity index (χ1) is 5.15. The van der Waals surface area contributed by atoms with E-state index in [-0.39, 0.29) is 0 Å². The lowest BCUT2D eigenvalue weighted by Crippen LogP contribution is -1.86. The predicted octanol–water partition coefficient (Wildman–Crippen LogP) is 2.92. The molecule has 0 aliphatic carbocycles. The fourth-order valence-corrected chi connectivity index (χ4v) is 1.59. The highest BCUT2D eigenvalue weighted by molar-refractivity contribution is 7.97. The van der Waals surface area contributed by atoms with Crippen LogP contribution in [-0.2, 0) is 0 Å². The molecule has 0 atom stereocenters. The molecule has 0 aliphatic rings. The summed E-state index contributed by atoms with van der Waals surface area (Å²) in [7, 11) is 0. The highest BCUT2D eigenvalue weighted by Gasteiger charge is 2.00. The lowest BCUT2D eigenvalue weighted by Gasteiger charge is -2.04. The number of halogens is 1. The second kappa shape index (κ2) is 3.48. The normalized spacial score (nSPS) is 10.2. The van der Waals surface area contributed by atoms with Gasteiger partial charge in [-0.05, 0) is 43.0 Å². The third kappa shape index (κ3) is 1.89. The van der Waals surface area contributed by atoms with Crippen LogP contribution in [0.15, 0.2) is 17.0 Å². The van der Waals surface area contributed by atoms with Gasteiger partial charge < -0.3 is 0 Å². The van der Waals surface area contributed by atoms with Gasteiger partial charge >= 0.3 is 0 Å². The van der Waals surface area contributed by atoms with Gasteiger partial charge in [0, 0.05) is 9.92 Å². The lowest BCUT2D eigenvalue weighted by atomic mass is 10.2. The highest BCUT2D eigenvalue weighted by atomic mass is 35.5. The van der Waals surface area contributed by atoms with E-state index in [0.717, 1.165) is 15.5 Å². The maximum atomic E-state index is 5.90. The van der Waals surface area contributed by atoms with E-state index >= 15 is 0 Å². The molecule has 2 N–H and O–H groups in total. The molecular formula is C8H10ClNS. The van der Waals surface area contributed by atoms with Crippen molar-refractivity contribution < 1.29 is 0 Å². The minimum Gasteiger partial charge on any atom is -0.274 e. The summed E-state index contributed by atoms with van der Waals surface area (Å²) >= 11 is 7.13. The molecule has 1 aromatic rings. The number of benzene rings is 1. The molecule has 0 bridgehead atoms. The molecule has 0 aromatic heterocycles. The van der Waals surface area contributed by atoms with Gasteiger partial charge in [0.2, 0.25) is 0 Å². The Balaban J connectivity index is 3.21.